The number of nitrogens with zero attached hydrogens (tertiary/aromatic N) is 6. The maximum Gasteiger partial charge on any atom is 0.410 e. The van der Waals surface area contributed by atoms with E-state index in [1.807, 2.05) is 39.5 Å². The fourth-order valence-electron chi connectivity index (χ4n) is 6.68. The van der Waals surface area contributed by atoms with E-state index < -0.39 is 29.0 Å². The number of amides is 1. The number of hydrogen-bond donors (Lipinski definition) is 0. The summed E-state index contributed by atoms with van der Waals surface area (Å²) in [6, 6.07) is 4.18. The minimum atomic E-state index is -0.787. The van der Waals surface area contributed by atoms with Crippen molar-refractivity contribution >= 4 is 34.4 Å². The van der Waals surface area contributed by atoms with Crippen LogP contribution >= 0.6 is 11.6 Å². The molecule has 0 saturated carbocycles. The fraction of sp³-hybridized carbons (Fsp3) is 0.545. The van der Waals surface area contributed by atoms with Crippen molar-refractivity contribution in [1.82, 2.24) is 24.3 Å². The Kier molecular flexibility index (Phi) is 8.66. The first-order chi connectivity index (χ1) is 21.7. The van der Waals surface area contributed by atoms with E-state index in [1.54, 1.807) is 15.5 Å². The summed E-state index contributed by atoms with van der Waals surface area (Å²) < 4.78 is 42.8. The third kappa shape index (κ3) is 6.14. The number of halogens is 3. The van der Waals surface area contributed by atoms with Gasteiger partial charge < -0.3 is 24.2 Å². The van der Waals surface area contributed by atoms with Crippen molar-refractivity contribution in [2.45, 2.75) is 58.3 Å². The fourth-order valence-corrected chi connectivity index (χ4v) is 6.98. The zero-order chi connectivity index (χ0) is 33.1. The van der Waals surface area contributed by atoms with Gasteiger partial charge in [0.2, 0.25) is 0 Å². The Hall–Kier alpha value is -3.48. The van der Waals surface area contributed by atoms with E-state index >= 15 is 4.39 Å². The van der Waals surface area contributed by atoms with Gasteiger partial charge in [0, 0.05) is 80.5 Å². The molecule has 0 radical (unpaired) electrons. The second-order valence-electron chi connectivity index (χ2n) is 13.7. The minimum absolute atomic E-state index is 0.0751. The van der Waals surface area contributed by atoms with Crippen molar-refractivity contribution in [1.29, 1.82) is 0 Å². The van der Waals surface area contributed by atoms with E-state index in [2.05, 4.69) is 21.8 Å². The molecular weight excluding hydrogens is 618 g/mol. The quantitative estimate of drug-likeness (QED) is 0.387. The summed E-state index contributed by atoms with van der Waals surface area (Å²) in [7, 11) is 2.09. The summed E-state index contributed by atoms with van der Waals surface area (Å²) >= 11 is 6.90. The van der Waals surface area contributed by atoms with Crippen LogP contribution in [0.15, 0.2) is 29.1 Å². The van der Waals surface area contributed by atoms with Gasteiger partial charge in [0.05, 0.1) is 16.6 Å². The molecule has 248 valence electrons. The van der Waals surface area contributed by atoms with Gasteiger partial charge in [-0.3, -0.25) is 9.47 Å². The zero-order valence-corrected chi connectivity index (χ0v) is 27.9. The highest BCUT2D eigenvalue weighted by atomic mass is 35.5. The molecule has 6 rings (SSSR count). The molecule has 2 fully saturated rings. The minimum Gasteiger partial charge on any atom is -0.488 e. The molecule has 1 amide bonds. The molecule has 0 aliphatic carbocycles. The number of ether oxygens (including phenoxy) is 2. The molecule has 1 aromatic heterocycles. The predicted octanol–water partition coefficient (Wildman–Crippen LogP) is 5.01. The molecule has 3 aliphatic heterocycles. The number of anilines is 1. The van der Waals surface area contributed by atoms with Crippen LogP contribution in [0.2, 0.25) is 5.02 Å². The topological polar surface area (TPSA) is 83.4 Å². The van der Waals surface area contributed by atoms with Crippen molar-refractivity contribution in [2.75, 3.05) is 64.4 Å². The highest BCUT2D eigenvalue weighted by molar-refractivity contribution is 6.35. The highest BCUT2D eigenvalue weighted by Crippen LogP contribution is 2.47. The van der Waals surface area contributed by atoms with Crippen molar-refractivity contribution < 1.29 is 23.0 Å². The van der Waals surface area contributed by atoms with Crippen molar-refractivity contribution in [3.05, 3.63) is 51.4 Å². The lowest BCUT2D eigenvalue weighted by Crippen LogP contribution is -2.59. The maximum absolute atomic E-state index is 15.2. The largest absolute Gasteiger partial charge is 0.488 e. The summed E-state index contributed by atoms with van der Waals surface area (Å²) in [6.07, 6.45) is -0.398. The van der Waals surface area contributed by atoms with Crippen molar-refractivity contribution in [3.8, 4) is 16.9 Å². The van der Waals surface area contributed by atoms with Gasteiger partial charge >= 0.3 is 11.8 Å². The molecule has 0 spiro atoms. The van der Waals surface area contributed by atoms with Crippen LogP contribution in [0.4, 0.5) is 19.4 Å². The lowest BCUT2D eigenvalue weighted by Gasteiger charge is -2.45. The predicted molar refractivity (Wildman–Crippen MR) is 174 cm³/mol. The number of likely N-dealkylation sites (N-methyl/N-ethyl adjacent to an activating group) is 1. The van der Waals surface area contributed by atoms with E-state index in [1.165, 1.54) is 12.1 Å². The third-order valence-corrected chi connectivity index (χ3v) is 9.33. The standard InChI is InChI=1S/C33H41ClF2N6O4/c1-19-16-41(32(44)46-33(3,4)5)20(2)15-40(19)30-24-14-25(34)27(23-8-7-21(35)13-26(23)36)29-28(24)42(31(43)37-30)22(18-45-29)17-39-11-9-38(6)10-12-39/h7-8,13-14,19-20,22H,9-12,15-18H2,1-6H3/t19?,20?,22-/m1/s1. The summed E-state index contributed by atoms with van der Waals surface area (Å²) in [5.74, 6) is -0.824. The average Bonchev–Trinajstić information content (AvgIpc) is 2.97. The van der Waals surface area contributed by atoms with Crippen LogP contribution in [0.1, 0.15) is 40.7 Å². The molecule has 46 heavy (non-hydrogen) atoms. The lowest BCUT2D eigenvalue weighted by atomic mass is 9.99. The molecule has 3 atom stereocenters. The molecule has 4 heterocycles. The smallest absolute Gasteiger partial charge is 0.410 e. The normalized spacial score (nSPS) is 22.7. The highest BCUT2D eigenvalue weighted by Gasteiger charge is 2.38. The van der Waals surface area contributed by atoms with Gasteiger partial charge in [0.15, 0.2) is 5.75 Å². The van der Waals surface area contributed by atoms with Crippen molar-refractivity contribution in [2.24, 2.45) is 0 Å². The van der Waals surface area contributed by atoms with Crippen LogP contribution in [-0.4, -0.2) is 107 Å². The second-order valence-corrected chi connectivity index (χ2v) is 14.1. The summed E-state index contributed by atoms with van der Waals surface area (Å²) in [5, 5.41) is 0.769. The summed E-state index contributed by atoms with van der Waals surface area (Å²) in [5.41, 5.74) is -0.286. The summed E-state index contributed by atoms with van der Waals surface area (Å²) in [4.78, 5) is 40.0. The molecule has 10 nitrogen and oxygen atoms in total. The summed E-state index contributed by atoms with van der Waals surface area (Å²) in [6.45, 7) is 14.4. The van der Waals surface area contributed by atoms with Gasteiger partial charge in [0.1, 0.15) is 29.7 Å². The number of rotatable bonds is 4. The first-order valence-electron chi connectivity index (χ1n) is 15.8. The molecule has 0 N–H and O–H groups in total. The van der Waals surface area contributed by atoms with Gasteiger partial charge in [-0.05, 0) is 59.9 Å². The van der Waals surface area contributed by atoms with E-state index in [4.69, 9.17) is 21.1 Å². The van der Waals surface area contributed by atoms with Gasteiger partial charge in [-0.2, -0.15) is 4.98 Å². The molecule has 3 aliphatic rings. The molecule has 2 unspecified atom stereocenters. The van der Waals surface area contributed by atoms with Gasteiger partial charge in [-0.1, -0.05) is 11.6 Å². The number of piperazine rings is 2. The first kappa shape index (κ1) is 32.5. The molecule has 2 saturated heterocycles. The Bertz CT molecular complexity index is 1720. The monoisotopic (exact) mass is 658 g/mol. The van der Waals surface area contributed by atoms with E-state index in [9.17, 15) is 14.0 Å². The van der Waals surface area contributed by atoms with Crippen LogP contribution in [0.3, 0.4) is 0 Å². The Labute approximate surface area is 272 Å². The molecule has 3 aromatic rings. The number of carbonyl (C=O) groups excluding carboxylic acids is 1. The van der Waals surface area contributed by atoms with Crippen LogP contribution < -0.4 is 15.3 Å². The molecule has 2 aromatic carbocycles. The number of benzene rings is 2. The molecule has 13 heteroatoms. The Balaban J connectivity index is 1.47. The van der Waals surface area contributed by atoms with Gasteiger partial charge in [-0.15, -0.1) is 0 Å². The van der Waals surface area contributed by atoms with Crippen LogP contribution in [-0.2, 0) is 4.74 Å². The van der Waals surface area contributed by atoms with Crippen LogP contribution in [0.25, 0.3) is 22.0 Å². The van der Waals surface area contributed by atoms with Crippen LogP contribution in [0.5, 0.6) is 5.75 Å². The van der Waals surface area contributed by atoms with E-state index in [0.717, 1.165) is 32.2 Å². The molecule has 0 bridgehead atoms. The van der Waals surface area contributed by atoms with Gasteiger partial charge in [-0.25, -0.2) is 18.4 Å². The Morgan fingerprint density at radius 1 is 1.09 bits per heavy atom. The van der Waals surface area contributed by atoms with Crippen molar-refractivity contribution in [3.63, 3.8) is 0 Å². The maximum atomic E-state index is 15.2. The zero-order valence-electron chi connectivity index (χ0n) is 27.1. The Morgan fingerprint density at radius 3 is 2.48 bits per heavy atom. The van der Waals surface area contributed by atoms with E-state index in [0.29, 0.717) is 36.4 Å². The molecular formula is C33H41ClF2N6O4. The average molecular weight is 659 g/mol. The second kappa shape index (κ2) is 12.3. The SMILES string of the molecule is CC1CN(c2nc(=O)n3c4c(c(-c5ccc(F)cc5F)c(Cl)cc24)OC[C@H]3CN2CCN(C)CC2)C(C)CN1C(=O)OC(C)(C)C. The first-order valence-corrected chi connectivity index (χ1v) is 16.1. The van der Waals surface area contributed by atoms with E-state index in [-0.39, 0.29) is 46.6 Å². The van der Waals surface area contributed by atoms with Crippen LogP contribution in [0, 0.1) is 11.6 Å². The lowest BCUT2D eigenvalue weighted by molar-refractivity contribution is 0.0130. The third-order valence-electron chi connectivity index (χ3n) is 9.03. The number of carbonyl (C=O) groups is 1. The Morgan fingerprint density at radius 2 is 1.80 bits per heavy atom. The number of aromatic nitrogens is 2. The van der Waals surface area contributed by atoms with Gasteiger partial charge in [0.25, 0.3) is 0 Å². The number of hydrogen-bond acceptors (Lipinski definition) is 8.